The summed E-state index contributed by atoms with van der Waals surface area (Å²) in [6.45, 7) is 7.92. The Morgan fingerprint density at radius 2 is 1.90 bits per heavy atom. The number of ether oxygens (including phenoxy) is 1. The molecule has 1 aromatic carbocycles. The number of fused-ring (bicyclic) bond motifs is 1. The van der Waals surface area contributed by atoms with Gasteiger partial charge in [0.2, 0.25) is 0 Å². The lowest BCUT2D eigenvalue weighted by Crippen LogP contribution is -2.45. The molecule has 260 valence electrons. The second-order valence-corrected chi connectivity index (χ2v) is 14.7. The zero-order valence-electron chi connectivity index (χ0n) is 29.3. The van der Waals surface area contributed by atoms with E-state index in [0.29, 0.717) is 30.3 Å². The monoisotopic (exact) mass is 657 g/mol. The maximum absolute atomic E-state index is 11.5. The zero-order chi connectivity index (χ0) is 33.6. The SMILES string of the molecule is CC[C@@H](NCc1nc2c(c(N[C@@H](CN3C[C@H](C)C[C@@H](OC)C3)c3cnn(C)c3)n1)C[C@H](c1ccccc1)CC2)C1CCC(C(=O)O)CC1. The van der Waals surface area contributed by atoms with E-state index in [2.05, 4.69) is 71.0 Å². The highest BCUT2D eigenvalue weighted by Crippen LogP contribution is 2.37. The molecule has 3 aliphatic rings. The number of piperidine rings is 1. The molecule has 3 N–H and O–H groups in total. The molecule has 5 atom stereocenters. The van der Waals surface area contributed by atoms with Crippen LogP contribution >= 0.6 is 0 Å². The summed E-state index contributed by atoms with van der Waals surface area (Å²) in [6.07, 6.45) is 12.8. The Balaban J connectivity index is 1.26. The summed E-state index contributed by atoms with van der Waals surface area (Å²) < 4.78 is 7.71. The van der Waals surface area contributed by atoms with Gasteiger partial charge in [-0.25, -0.2) is 9.97 Å². The second kappa shape index (κ2) is 15.9. The van der Waals surface area contributed by atoms with Crippen LogP contribution in [-0.4, -0.2) is 74.6 Å². The van der Waals surface area contributed by atoms with Crippen molar-refractivity contribution < 1.29 is 14.6 Å². The molecule has 1 saturated carbocycles. The van der Waals surface area contributed by atoms with Gasteiger partial charge in [0.15, 0.2) is 0 Å². The first-order chi connectivity index (χ1) is 23.3. The molecule has 10 heteroatoms. The topological polar surface area (TPSA) is 117 Å². The Morgan fingerprint density at radius 1 is 1.10 bits per heavy atom. The van der Waals surface area contributed by atoms with Crippen molar-refractivity contribution >= 4 is 11.8 Å². The fourth-order valence-electron chi connectivity index (χ4n) is 8.50. The summed E-state index contributed by atoms with van der Waals surface area (Å²) in [6, 6.07) is 11.2. The van der Waals surface area contributed by atoms with Crippen molar-refractivity contribution in [2.75, 3.05) is 32.1 Å². The van der Waals surface area contributed by atoms with Crippen LogP contribution in [0.4, 0.5) is 5.82 Å². The van der Waals surface area contributed by atoms with Gasteiger partial charge < -0.3 is 20.5 Å². The predicted molar refractivity (Wildman–Crippen MR) is 188 cm³/mol. The summed E-state index contributed by atoms with van der Waals surface area (Å²) >= 11 is 0. The maximum Gasteiger partial charge on any atom is 0.306 e. The molecule has 48 heavy (non-hydrogen) atoms. The Bertz CT molecular complexity index is 1490. The van der Waals surface area contributed by atoms with Crippen molar-refractivity contribution in [3.05, 3.63) is 70.9 Å². The Morgan fingerprint density at radius 3 is 2.58 bits per heavy atom. The normalized spacial score (nSPS) is 26.0. The van der Waals surface area contributed by atoms with Gasteiger partial charge in [0.1, 0.15) is 11.6 Å². The number of benzene rings is 1. The minimum atomic E-state index is -0.649. The molecule has 6 rings (SSSR count). The van der Waals surface area contributed by atoms with Crippen LogP contribution < -0.4 is 10.6 Å². The van der Waals surface area contributed by atoms with Gasteiger partial charge >= 0.3 is 5.97 Å². The molecule has 0 unspecified atom stereocenters. The summed E-state index contributed by atoms with van der Waals surface area (Å²) in [5.41, 5.74) is 4.91. The number of hydrogen-bond acceptors (Lipinski definition) is 8. The van der Waals surface area contributed by atoms with Crippen LogP contribution in [0.15, 0.2) is 42.7 Å². The molecule has 2 aromatic heterocycles. The average Bonchev–Trinajstić information content (AvgIpc) is 3.54. The van der Waals surface area contributed by atoms with Crippen molar-refractivity contribution in [3.8, 4) is 0 Å². The number of nitrogens with one attached hydrogen (secondary N) is 2. The molecule has 2 fully saturated rings. The Kier molecular flexibility index (Phi) is 11.4. The van der Waals surface area contributed by atoms with E-state index >= 15 is 0 Å². The highest BCUT2D eigenvalue weighted by molar-refractivity contribution is 5.70. The van der Waals surface area contributed by atoms with Crippen LogP contribution in [0.5, 0.6) is 0 Å². The highest BCUT2D eigenvalue weighted by Gasteiger charge is 2.32. The minimum Gasteiger partial charge on any atom is -0.481 e. The Hall–Kier alpha value is -3.34. The van der Waals surface area contributed by atoms with Gasteiger partial charge in [0, 0.05) is 62.9 Å². The van der Waals surface area contributed by atoms with Crippen LogP contribution in [0.1, 0.15) is 99.0 Å². The van der Waals surface area contributed by atoms with E-state index in [0.717, 1.165) is 100 Å². The number of rotatable bonds is 13. The van der Waals surface area contributed by atoms with Gasteiger partial charge in [-0.05, 0) is 81.1 Å². The molecule has 3 heterocycles. The van der Waals surface area contributed by atoms with Crippen LogP contribution in [0.25, 0.3) is 0 Å². The maximum atomic E-state index is 11.5. The molecule has 0 radical (unpaired) electrons. The third kappa shape index (κ3) is 8.44. The fourth-order valence-corrected chi connectivity index (χ4v) is 8.50. The number of carbonyl (C=O) groups is 1. The van der Waals surface area contributed by atoms with Gasteiger partial charge in [-0.15, -0.1) is 0 Å². The fraction of sp³-hybridized carbons (Fsp3) is 0.632. The van der Waals surface area contributed by atoms with E-state index in [9.17, 15) is 9.90 Å². The molecule has 0 spiro atoms. The number of carboxylic acids is 1. The molecule has 3 aromatic rings. The zero-order valence-corrected chi connectivity index (χ0v) is 29.3. The second-order valence-electron chi connectivity index (χ2n) is 14.7. The predicted octanol–water partition coefficient (Wildman–Crippen LogP) is 5.75. The van der Waals surface area contributed by atoms with Crippen molar-refractivity contribution in [1.29, 1.82) is 0 Å². The number of aliphatic carboxylic acids is 1. The van der Waals surface area contributed by atoms with Gasteiger partial charge in [-0.1, -0.05) is 44.2 Å². The summed E-state index contributed by atoms with van der Waals surface area (Å²) in [5.74, 6) is 2.39. The van der Waals surface area contributed by atoms with Gasteiger partial charge in [0.05, 0.1) is 30.8 Å². The van der Waals surface area contributed by atoms with Crippen molar-refractivity contribution in [3.63, 3.8) is 0 Å². The quantitative estimate of drug-likeness (QED) is 0.211. The lowest BCUT2D eigenvalue weighted by atomic mass is 9.78. The van der Waals surface area contributed by atoms with Crippen molar-refractivity contribution in [2.45, 2.75) is 102 Å². The lowest BCUT2D eigenvalue weighted by Gasteiger charge is -2.38. The number of aromatic nitrogens is 4. The number of anilines is 1. The highest BCUT2D eigenvalue weighted by atomic mass is 16.5. The standard InChI is InChI=1S/C38H55N7O3/c1-5-33(27-11-13-28(14-12-27)38(46)47)39-20-36-41-34-16-15-29(26-9-7-6-8-10-26)18-32(34)37(43-36)42-35(30-19-40-44(3)22-30)24-45-21-25(2)17-31(23-45)48-4/h6-10,19,22,25,27-29,31,33,35,39H,5,11-18,20-21,23-24H2,1-4H3,(H,46,47)(H,41,42,43)/t25-,27?,28?,29-,31-,33-,35+/m1/s1. The Labute approximate surface area is 286 Å². The lowest BCUT2D eigenvalue weighted by molar-refractivity contribution is -0.143. The molecule has 10 nitrogen and oxygen atoms in total. The third-order valence-corrected chi connectivity index (χ3v) is 11.2. The van der Waals surface area contributed by atoms with Crippen molar-refractivity contribution in [1.82, 2.24) is 30.0 Å². The number of hydrogen-bond donors (Lipinski definition) is 3. The van der Waals surface area contributed by atoms with Gasteiger partial charge in [-0.3, -0.25) is 14.4 Å². The number of carboxylic acid groups (broad SMARTS) is 1. The first kappa shape index (κ1) is 34.5. The van der Waals surface area contributed by atoms with Crippen LogP contribution in [0.2, 0.25) is 0 Å². The van der Waals surface area contributed by atoms with Crippen LogP contribution in [-0.2, 0) is 36.0 Å². The molecule has 1 aliphatic heterocycles. The number of likely N-dealkylation sites (tertiary alicyclic amines) is 1. The van der Waals surface area contributed by atoms with Gasteiger partial charge in [0.25, 0.3) is 0 Å². The van der Waals surface area contributed by atoms with Crippen LogP contribution in [0.3, 0.4) is 0 Å². The van der Waals surface area contributed by atoms with Crippen LogP contribution in [0, 0.1) is 17.8 Å². The molecule has 0 bridgehead atoms. The van der Waals surface area contributed by atoms with Gasteiger partial charge in [-0.2, -0.15) is 5.10 Å². The number of nitrogens with zero attached hydrogens (tertiary/aromatic N) is 5. The first-order valence-corrected chi connectivity index (χ1v) is 18.2. The molecule has 1 saturated heterocycles. The number of methoxy groups -OCH3 is 1. The molecule has 0 amide bonds. The van der Waals surface area contributed by atoms with E-state index in [-0.39, 0.29) is 18.1 Å². The number of aryl methyl sites for hydroxylation is 2. The smallest absolute Gasteiger partial charge is 0.306 e. The molecular formula is C38H55N7O3. The van der Waals surface area contributed by atoms with Crippen molar-refractivity contribution in [2.24, 2.45) is 24.8 Å². The largest absolute Gasteiger partial charge is 0.481 e. The third-order valence-electron chi connectivity index (χ3n) is 11.2. The van der Waals surface area contributed by atoms with E-state index < -0.39 is 5.97 Å². The van der Waals surface area contributed by atoms with E-state index in [1.807, 2.05) is 25.0 Å². The van der Waals surface area contributed by atoms with E-state index in [4.69, 9.17) is 14.7 Å². The van der Waals surface area contributed by atoms with E-state index in [1.54, 1.807) is 0 Å². The molecule has 2 aliphatic carbocycles. The minimum absolute atomic E-state index is 0.00577. The summed E-state index contributed by atoms with van der Waals surface area (Å²) in [5, 5.41) is 21.8. The summed E-state index contributed by atoms with van der Waals surface area (Å²) in [7, 11) is 3.80. The average molecular weight is 658 g/mol. The van der Waals surface area contributed by atoms with E-state index in [1.165, 1.54) is 11.1 Å². The summed E-state index contributed by atoms with van der Waals surface area (Å²) in [4.78, 5) is 24.5. The molecular weight excluding hydrogens is 602 g/mol. The first-order valence-electron chi connectivity index (χ1n) is 18.2.